The lowest BCUT2D eigenvalue weighted by Gasteiger charge is -2.14. The summed E-state index contributed by atoms with van der Waals surface area (Å²) in [5.41, 5.74) is 0.713. The molecule has 0 aliphatic heterocycles. The van der Waals surface area contributed by atoms with Crippen LogP contribution in [0.2, 0.25) is 0 Å². The van der Waals surface area contributed by atoms with Crippen LogP contribution in [0.15, 0.2) is 23.1 Å². The first-order chi connectivity index (χ1) is 8.36. The van der Waals surface area contributed by atoms with Crippen LogP contribution in [-0.4, -0.2) is 15.0 Å². The van der Waals surface area contributed by atoms with E-state index in [-0.39, 0.29) is 10.8 Å². The van der Waals surface area contributed by atoms with Crippen molar-refractivity contribution in [1.29, 1.82) is 0 Å². The molecule has 0 saturated carbocycles. The molecule has 0 spiro atoms. The van der Waals surface area contributed by atoms with Crippen LogP contribution in [0.4, 0.5) is 3.89 Å². The Labute approximate surface area is 108 Å². The molecule has 0 fully saturated rings. The number of hydrogen-bond acceptors (Lipinski definition) is 3. The Hall–Kier alpha value is -1.10. The maximum atomic E-state index is 12.9. The highest BCUT2D eigenvalue weighted by Gasteiger charge is 2.16. The highest BCUT2D eigenvalue weighted by Crippen LogP contribution is 2.29. The van der Waals surface area contributed by atoms with Crippen molar-refractivity contribution in [3.8, 4) is 5.75 Å². The molecule has 0 unspecified atom stereocenters. The number of unbranched alkanes of at least 4 members (excludes halogenated alkanes) is 1. The van der Waals surface area contributed by atoms with E-state index < -0.39 is 10.2 Å². The molecule has 0 aliphatic carbocycles. The fourth-order valence-electron chi connectivity index (χ4n) is 1.59. The molecule has 1 aromatic rings. The monoisotopic (exact) mass is 274 g/mol. The molecule has 3 nitrogen and oxygen atoms in total. The minimum Gasteiger partial charge on any atom is -0.493 e. The van der Waals surface area contributed by atoms with E-state index in [1.54, 1.807) is 0 Å². The lowest BCUT2D eigenvalue weighted by Crippen LogP contribution is -2.03. The summed E-state index contributed by atoms with van der Waals surface area (Å²) < 4.78 is 40.3. The number of benzene rings is 1. The first kappa shape index (κ1) is 15.0. The molecule has 0 bridgehead atoms. The number of ether oxygens (including phenoxy) is 1. The molecule has 5 heteroatoms. The van der Waals surface area contributed by atoms with Crippen LogP contribution >= 0.6 is 0 Å². The predicted molar refractivity (Wildman–Crippen MR) is 69.2 cm³/mol. The van der Waals surface area contributed by atoms with E-state index in [1.807, 2.05) is 13.8 Å². The van der Waals surface area contributed by atoms with E-state index in [9.17, 15) is 12.3 Å². The van der Waals surface area contributed by atoms with Crippen molar-refractivity contribution in [2.75, 3.05) is 6.61 Å². The molecule has 0 aromatic heterocycles. The smallest absolute Gasteiger partial charge is 0.332 e. The Balaban J connectivity index is 3.05. The van der Waals surface area contributed by atoms with Crippen LogP contribution in [0.25, 0.3) is 0 Å². The minimum atomic E-state index is -4.66. The Bertz CT molecular complexity index is 495. The molecule has 0 saturated heterocycles. The number of halogens is 1. The molecule has 0 atom stereocenters. The Kier molecular flexibility index (Phi) is 5.14. The van der Waals surface area contributed by atoms with Gasteiger partial charge in [0, 0.05) is 0 Å². The van der Waals surface area contributed by atoms with Gasteiger partial charge >= 0.3 is 10.2 Å². The highest BCUT2D eigenvalue weighted by molar-refractivity contribution is 7.86. The van der Waals surface area contributed by atoms with Crippen LogP contribution < -0.4 is 4.74 Å². The van der Waals surface area contributed by atoms with Gasteiger partial charge in [0.15, 0.2) is 0 Å². The summed E-state index contributed by atoms with van der Waals surface area (Å²) in [7, 11) is -4.66. The SMILES string of the molecule is CCCCOc1ccc(S(=O)(=O)F)cc1C(C)C. The predicted octanol–water partition coefficient (Wildman–Crippen LogP) is 3.65. The summed E-state index contributed by atoms with van der Waals surface area (Å²) in [5, 5.41) is 0. The fraction of sp³-hybridized carbons (Fsp3) is 0.538. The van der Waals surface area contributed by atoms with Crippen molar-refractivity contribution in [3.05, 3.63) is 23.8 Å². The van der Waals surface area contributed by atoms with Gasteiger partial charge < -0.3 is 4.74 Å². The second-order valence-corrected chi connectivity index (χ2v) is 5.84. The van der Waals surface area contributed by atoms with Gasteiger partial charge in [0.1, 0.15) is 5.75 Å². The summed E-state index contributed by atoms with van der Waals surface area (Å²) in [6.07, 6.45) is 1.95. The van der Waals surface area contributed by atoms with Gasteiger partial charge in [0.2, 0.25) is 0 Å². The average molecular weight is 274 g/mol. The standard InChI is InChI=1S/C13H19FO3S/c1-4-5-8-17-13-7-6-11(18(14,15)16)9-12(13)10(2)3/h6-7,9-10H,4-5,8H2,1-3H3. The summed E-state index contributed by atoms with van der Waals surface area (Å²) in [6.45, 7) is 6.47. The van der Waals surface area contributed by atoms with Crippen molar-refractivity contribution < 1.29 is 17.0 Å². The summed E-state index contributed by atoms with van der Waals surface area (Å²) >= 11 is 0. The quantitative estimate of drug-likeness (QED) is 0.587. The first-order valence-electron chi connectivity index (χ1n) is 6.07. The largest absolute Gasteiger partial charge is 0.493 e. The maximum Gasteiger partial charge on any atom is 0.332 e. The van der Waals surface area contributed by atoms with E-state index in [4.69, 9.17) is 4.74 Å². The van der Waals surface area contributed by atoms with Gasteiger partial charge in [0.05, 0.1) is 11.5 Å². The van der Waals surface area contributed by atoms with Gasteiger partial charge in [-0.15, -0.1) is 3.89 Å². The van der Waals surface area contributed by atoms with E-state index >= 15 is 0 Å². The average Bonchev–Trinajstić information content (AvgIpc) is 2.28. The molecule has 18 heavy (non-hydrogen) atoms. The fourth-order valence-corrected chi connectivity index (χ4v) is 2.09. The van der Waals surface area contributed by atoms with Gasteiger partial charge in [0.25, 0.3) is 0 Å². The number of rotatable bonds is 6. The molecular formula is C13H19FO3S. The van der Waals surface area contributed by atoms with Crippen molar-refractivity contribution in [2.24, 2.45) is 0 Å². The van der Waals surface area contributed by atoms with Gasteiger partial charge in [-0.1, -0.05) is 27.2 Å². The molecule has 0 amide bonds. The zero-order chi connectivity index (χ0) is 13.8. The summed E-state index contributed by atoms with van der Waals surface area (Å²) in [4.78, 5) is -0.311. The normalized spacial score (nSPS) is 11.8. The van der Waals surface area contributed by atoms with Crippen molar-refractivity contribution >= 4 is 10.2 Å². The van der Waals surface area contributed by atoms with E-state index in [0.29, 0.717) is 17.9 Å². The maximum absolute atomic E-state index is 12.9. The minimum absolute atomic E-state index is 0.0725. The van der Waals surface area contributed by atoms with Crippen LogP contribution in [0.3, 0.4) is 0 Å². The Morgan fingerprint density at radius 3 is 2.50 bits per heavy atom. The van der Waals surface area contributed by atoms with Crippen molar-refractivity contribution in [3.63, 3.8) is 0 Å². The number of hydrogen-bond donors (Lipinski definition) is 0. The van der Waals surface area contributed by atoms with Crippen LogP contribution in [0, 0.1) is 0 Å². The molecule has 0 radical (unpaired) electrons. The van der Waals surface area contributed by atoms with Crippen LogP contribution in [0.1, 0.15) is 45.1 Å². The summed E-state index contributed by atoms with van der Waals surface area (Å²) in [6, 6.07) is 4.11. The zero-order valence-electron chi connectivity index (χ0n) is 10.9. The first-order valence-corrected chi connectivity index (χ1v) is 7.46. The lowest BCUT2D eigenvalue weighted by atomic mass is 10.0. The topological polar surface area (TPSA) is 43.4 Å². The van der Waals surface area contributed by atoms with Crippen LogP contribution in [-0.2, 0) is 10.2 Å². The molecule has 0 aliphatic rings. The lowest BCUT2D eigenvalue weighted by molar-refractivity contribution is 0.305. The summed E-state index contributed by atoms with van der Waals surface area (Å²) in [5.74, 6) is 0.703. The second-order valence-electron chi connectivity index (χ2n) is 4.49. The van der Waals surface area contributed by atoms with Gasteiger partial charge in [-0.25, -0.2) is 0 Å². The Morgan fingerprint density at radius 2 is 2.00 bits per heavy atom. The second kappa shape index (κ2) is 6.18. The van der Waals surface area contributed by atoms with Crippen molar-refractivity contribution in [2.45, 2.75) is 44.4 Å². The highest BCUT2D eigenvalue weighted by atomic mass is 32.3. The van der Waals surface area contributed by atoms with Crippen molar-refractivity contribution in [1.82, 2.24) is 0 Å². The van der Waals surface area contributed by atoms with Gasteiger partial charge in [-0.2, -0.15) is 8.42 Å². The van der Waals surface area contributed by atoms with Crippen LogP contribution in [0.5, 0.6) is 5.75 Å². The van der Waals surface area contributed by atoms with E-state index in [1.165, 1.54) is 18.2 Å². The third-order valence-corrected chi connectivity index (χ3v) is 3.46. The van der Waals surface area contributed by atoms with Gasteiger partial charge in [-0.05, 0) is 36.1 Å². The third-order valence-electron chi connectivity index (χ3n) is 2.64. The molecule has 0 heterocycles. The van der Waals surface area contributed by atoms with E-state index in [2.05, 4.69) is 6.92 Å². The molecule has 1 rings (SSSR count). The Morgan fingerprint density at radius 1 is 1.33 bits per heavy atom. The zero-order valence-corrected chi connectivity index (χ0v) is 11.8. The molecular weight excluding hydrogens is 255 g/mol. The van der Waals surface area contributed by atoms with E-state index in [0.717, 1.165) is 12.8 Å². The molecule has 102 valence electrons. The molecule has 1 aromatic carbocycles. The van der Waals surface area contributed by atoms with Gasteiger partial charge in [-0.3, -0.25) is 0 Å². The molecule has 0 N–H and O–H groups in total. The third kappa shape index (κ3) is 3.98.